The van der Waals surface area contributed by atoms with Gasteiger partial charge in [-0.25, -0.2) is 9.78 Å². The maximum absolute atomic E-state index is 13.0. The molecule has 1 aromatic heterocycles. The number of amides is 1. The average Bonchev–Trinajstić information content (AvgIpc) is 3.09. The summed E-state index contributed by atoms with van der Waals surface area (Å²) in [6.07, 6.45) is 1.58. The fraction of sp³-hybridized carbons (Fsp3) is 0.208. The fourth-order valence-corrected chi connectivity index (χ4v) is 3.59. The number of carbonyl (C=O) groups is 2. The summed E-state index contributed by atoms with van der Waals surface area (Å²) in [4.78, 5) is 30.9. The number of benzene rings is 2. The van der Waals surface area contributed by atoms with E-state index in [2.05, 4.69) is 4.98 Å². The van der Waals surface area contributed by atoms with Gasteiger partial charge >= 0.3 is 5.97 Å². The summed E-state index contributed by atoms with van der Waals surface area (Å²) in [6, 6.07) is 17.1. The molecule has 1 aliphatic heterocycles. The first kappa shape index (κ1) is 19.6. The van der Waals surface area contributed by atoms with Crippen molar-refractivity contribution in [3.8, 4) is 16.9 Å². The third kappa shape index (κ3) is 3.89. The van der Waals surface area contributed by atoms with E-state index in [9.17, 15) is 9.59 Å². The molecule has 3 aromatic rings. The van der Waals surface area contributed by atoms with Crippen molar-refractivity contribution in [2.75, 3.05) is 13.7 Å². The van der Waals surface area contributed by atoms with Gasteiger partial charge in [0.1, 0.15) is 11.4 Å². The van der Waals surface area contributed by atoms with Gasteiger partial charge in [0.25, 0.3) is 5.91 Å². The second-order valence-corrected chi connectivity index (χ2v) is 7.03. The Morgan fingerprint density at radius 2 is 1.93 bits per heavy atom. The van der Waals surface area contributed by atoms with Crippen LogP contribution in [0.1, 0.15) is 38.9 Å². The number of carbonyl (C=O) groups excluding carboxylic acids is 2. The van der Waals surface area contributed by atoms with Gasteiger partial charge in [-0.2, -0.15) is 0 Å². The second kappa shape index (κ2) is 8.37. The molecule has 6 heteroatoms. The van der Waals surface area contributed by atoms with Crippen molar-refractivity contribution in [3.63, 3.8) is 0 Å². The largest absolute Gasteiger partial charge is 0.497 e. The van der Waals surface area contributed by atoms with Crippen LogP contribution in [0.25, 0.3) is 11.1 Å². The Bertz CT molecular complexity index is 1110. The molecular formula is C24H22N2O4. The molecule has 6 nitrogen and oxygen atoms in total. The fourth-order valence-electron chi connectivity index (χ4n) is 3.59. The van der Waals surface area contributed by atoms with Crippen molar-refractivity contribution in [3.05, 3.63) is 83.2 Å². The Kier molecular flexibility index (Phi) is 5.48. The first-order chi connectivity index (χ1) is 14.6. The molecule has 1 amide bonds. The van der Waals surface area contributed by atoms with Crippen molar-refractivity contribution in [1.82, 2.24) is 9.88 Å². The highest BCUT2D eigenvalue weighted by Gasteiger charge is 2.27. The van der Waals surface area contributed by atoms with Gasteiger partial charge < -0.3 is 14.4 Å². The van der Waals surface area contributed by atoms with Gasteiger partial charge in [0.05, 0.1) is 13.7 Å². The van der Waals surface area contributed by atoms with E-state index in [0.29, 0.717) is 25.3 Å². The van der Waals surface area contributed by atoms with Gasteiger partial charge in [-0.15, -0.1) is 0 Å². The summed E-state index contributed by atoms with van der Waals surface area (Å²) >= 11 is 0. The topological polar surface area (TPSA) is 68.7 Å². The monoisotopic (exact) mass is 402 g/mol. The number of esters is 1. The molecule has 0 radical (unpaired) electrons. The predicted molar refractivity (Wildman–Crippen MR) is 112 cm³/mol. The van der Waals surface area contributed by atoms with Crippen LogP contribution in [-0.4, -0.2) is 35.5 Å². The molecule has 2 aromatic carbocycles. The number of pyridine rings is 1. The van der Waals surface area contributed by atoms with Gasteiger partial charge in [-0.05, 0) is 59.5 Å². The summed E-state index contributed by atoms with van der Waals surface area (Å²) in [5.41, 5.74) is 4.62. The van der Waals surface area contributed by atoms with E-state index in [1.165, 1.54) is 0 Å². The van der Waals surface area contributed by atoms with Gasteiger partial charge in [-0.3, -0.25) is 4.79 Å². The molecular weight excluding hydrogens is 380 g/mol. The molecule has 0 spiro atoms. The maximum atomic E-state index is 13.0. The molecule has 0 saturated heterocycles. The van der Waals surface area contributed by atoms with E-state index in [1.54, 1.807) is 26.3 Å². The van der Waals surface area contributed by atoms with E-state index in [4.69, 9.17) is 9.47 Å². The number of methoxy groups -OCH3 is 1. The molecule has 0 bridgehead atoms. The lowest BCUT2D eigenvalue weighted by molar-refractivity contribution is 0.0519. The standard InChI is InChI=1S/C24H22N2O4/c1-3-30-24(28)22-13-18(9-10-25-22)17-7-8-19-15-26(23(27)21(19)12-17)14-16-5-4-6-20(11-16)29-2/h4-13H,3,14-15H2,1-2H3. The second-order valence-electron chi connectivity index (χ2n) is 7.03. The molecule has 0 atom stereocenters. The summed E-state index contributed by atoms with van der Waals surface area (Å²) in [6.45, 7) is 3.13. The maximum Gasteiger partial charge on any atom is 0.356 e. The molecule has 0 fully saturated rings. The molecule has 30 heavy (non-hydrogen) atoms. The van der Waals surface area contributed by atoms with Gasteiger partial charge in [0, 0.05) is 24.8 Å². The number of aromatic nitrogens is 1. The highest BCUT2D eigenvalue weighted by atomic mass is 16.5. The van der Waals surface area contributed by atoms with E-state index >= 15 is 0 Å². The highest BCUT2D eigenvalue weighted by molar-refractivity contribution is 5.99. The normalized spacial score (nSPS) is 12.6. The van der Waals surface area contributed by atoms with Crippen LogP contribution >= 0.6 is 0 Å². The van der Waals surface area contributed by atoms with Crippen molar-refractivity contribution >= 4 is 11.9 Å². The number of hydrogen-bond donors (Lipinski definition) is 0. The number of nitrogens with zero attached hydrogens (tertiary/aromatic N) is 2. The van der Waals surface area contributed by atoms with E-state index in [1.807, 2.05) is 53.4 Å². The average molecular weight is 402 g/mol. The van der Waals surface area contributed by atoms with Crippen molar-refractivity contribution < 1.29 is 19.1 Å². The van der Waals surface area contributed by atoms with E-state index in [0.717, 1.165) is 28.0 Å². The van der Waals surface area contributed by atoms with Gasteiger partial charge in [-0.1, -0.05) is 24.3 Å². The number of rotatable bonds is 6. The van der Waals surface area contributed by atoms with Crippen LogP contribution in [0, 0.1) is 0 Å². The van der Waals surface area contributed by atoms with E-state index < -0.39 is 5.97 Å². The lowest BCUT2D eigenvalue weighted by atomic mass is 10.0. The first-order valence-electron chi connectivity index (χ1n) is 9.77. The van der Waals surface area contributed by atoms with Crippen LogP contribution in [0.3, 0.4) is 0 Å². The van der Waals surface area contributed by atoms with Gasteiger partial charge in [0.15, 0.2) is 0 Å². The smallest absolute Gasteiger partial charge is 0.356 e. The molecule has 0 N–H and O–H groups in total. The molecule has 2 heterocycles. The van der Waals surface area contributed by atoms with Crippen LogP contribution in [0.15, 0.2) is 60.8 Å². The zero-order chi connectivity index (χ0) is 21.1. The summed E-state index contributed by atoms with van der Waals surface area (Å²) in [5.74, 6) is 0.310. The first-order valence-corrected chi connectivity index (χ1v) is 9.77. The molecule has 0 aliphatic carbocycles. The lowest BCUT2D eigenvalue weighted by Crippen LogP contribution is -2.23. The van der Waals surface area contributed by atoms with Crippen LogP contribution in [-0.2, 0) is 17.8 Å². The highest BCUT2D eigenvalue weighted by Crippen LogP contribution is 2.30. The van der Waals surface area contributed by atoms with Crippen LogP contribution in [0.4, 0.5) is 0 Å². The molecule has 0 unspecified atom stereocenters. The zero-order valence-electron chi connectivity index (χ0n) is 16.9. The summed E-state index contributed by atoms with van der Waals surface area (Å²) in [7, 11) is 1.63. The third-order valence-electron chi connectivity index (χ3n) is 5.07. The molecule has 1 aliphatic rings. The lowest BCUT2D eigenvalue weighted by Gasteiger charge is -2.16. The summed E-state index contributed by atoms with van der Waals surface area (Å²) in [5, 5.41) is 0. The minimum Gasteiger partial charge on any atom is -0.497 e. The Labute approximate surface area is 175 Å². The molecule has 152 valence electrons. The van der Waals surface area contributed by atoms with Crippen LogP contribution < -0.4 is 4.74 Å². The van der Waals surface area contributed by atoms with E-state index in [-0.39, 0.29) is 11.6 Å². The van der Waals surface area contributed by atoms with Crippen LogP contribution in [0.5, 0.6) is 5.75 Å². The third-order valence-corrected chi connectivity index (χ3v) is 5.07. The minimum absolute atomic E-state index is 0.00524. The number of ether oxygens (including phenoxy) is 2. The van der Waals surface area contributed by atoms with Crippen molar-refractivity contribution in [2.45, 2.75) is 20.0 Å². The molecule has 0 saturated carbocycles. The predicted octanol–water partition coefficient (Wildman–Crippen LogP) is 4.09. The van der Waals surface area contributed by atoms with Crippen LogP contribution in [0.2, 0.25) is 0 Å². The Morgan fingerprint density at radius 1 is 1.10 bits per heavy atom. The number of fused-ring (bicyclic) bond motifs is 1. The molecule has 4 rings (SSSR count). The minimum atomic E-state index is -0.457. The van der Waals surface area contributed by atoms with Gasteiger partial charge in [0.2, 0.25) is 0 Å². The van der Waals surface area contributed by atoms with Crippen molar-refractivity contribution in [1.29, 1.82) is 0 Å². The SMILES string of the molecule is CCOC(=O)c1cc(-c2ccc3c(c2)C(=O)N(Cc2cccc(OC)c2)C3)ccn1. The number of hydrogen-bond acceptors (Lipinski definition) is 5. The Morgan fingerprint density at radius 3 is 2.73 bits per heavy atom. The summed E-state index contributed by atoms with van der Waals surface area (Å²) < 4.78 is 10.3. The quantitative estimate of drug-likeness (QED) is 0.581. The Hall–Kier alpha value is -3.67. The van der Waals surface area contributed by atoms with Crippen molar-refractivity contribution in [2.24, 2.45) is 0 Å². The zero-order valence-corrected chi connectivity index (χ0v) is 16.9. The Balaban J connectivity index is 1.57.